The Kier molecular flexibility index (Phi) is 5.76. The van der Waals surface area contributed by atoms with Crippen LogP contribution < -0.4 is 5.32 Å². The van der Waals surface area contributed by atoms with E-state index in [1.165, 1.54) is 0 Å². The van der Waals surface area contributed by atoms with Crippen LogP contribution in [0.25, 0.3) is 0 Å². The highest BCUT2D eigenvalue weighted by Crippen LogP contribution is 2.15. The van der Waals surface area contributed by atoms with Crippen molar-refractivity contribution in [2.24, 2.45) is 0 Å². The van der Waals surface area contributed by atoms with Gasteiger partial charge in [0.25, 0.3) is 0 Å². The standard InChI is InChI=1S/C14H21ClN4O2/c1-3-21-9-13-17-11(15)8-12(18-13)16-10(2)14(20)19-6-4-5-7-19/h8,10H,3-7,9H2,1-2H3,(H,16,17,18). The molecule has 2 rings (SSSR count). The highest BCUT2D eigenvalue weighted by Gasteiger charge is 2.23. The van der Waals surface area contributed by atoms with Gasteiger partial charge in [0.1, 0.15) is 23.6 Å². The molecule has 116 valence electrons. The summed E-state index contributed by atoms with van der Waals surface area (Å²) >= 11 is 5.98. The zero-order chi connectivity index (χ0) is 15.2. The normalized spacial score (nSPS) is 16.0. The van der Waals surface area contributed by atoms with Crippen molar-refractivity contribution in [1.29, 1.82) is 0 Å². The fourth-order valence-electron chi connectivity index (χ4n) is 2.29. The second kappa shape index (κ2) is 7.56. The van der Waals surface area contributed by atoms with Gasteiger partial charge in [0, 0.05) is 25.8 Å². The highest BCUT2D eigenvalue weighted by molar-refractivity contribution is 6.29. The first-order chi connectivity index (χ1) is 10.1. The van der Waals surface area contributed by atoms with E-state index >= 15 is 0 Å². The van der Waals surface area contributed by atoms with Crippen LogP contribution in [0.3, 0.4) is 0 Å². The van der Waals surface area contributed by atoms with Gasteiger partial charge in [-0.2, -0.15) is 0 Å². The van der Waals surface area contributed by atoms with Gasteiger partial charge in [0.15, 0.2) is 5.82 Å². The summed E-state index contributed by atoms with van der Waals surface area (Å²) in [5.41, 5.74) is 0. The lowest BCUT2D eigenvalue weighted by molar-refractivity contribution is -0.130. The Bertz CT molecular complexity index is 492. The van der Waals surface area contributed by atoms with Gasteiger partial charge in [0.2, 0.25) is 5.91 Å². The van der Waals surface area contributed by atoms with Crippen LogP contribution in [-0.4, -0.2) is 46.5 Å². The van der Waals surface area contributed by atoms with Gasteiger partial charge in [-0.3, -0.25) is 4.79 Å². The number of hydrogen-bond acceptors (Lipinski definition) is 5. The summed E-state index contributed by atoms with van der Waals surface area (Å²) in [5.74, 6) is 1.14. The van der Waals surface area contributed by atoms with Gasteiger partial charge in [-0.05, 0) is 26.7 Å². The van der Waals surface area contributed by atoms with Crippen molar-refractivity contribution in [1.82, 2.24) is 14.9 Å². The van der Waals surface area contributed by atoms with Crippen LogP contribution in [0.2, 0.25) is 5.15 Å². The molecule has 1 atom stereocenters. The maximum atomic E-state index is 12.3. The first kappa shape index (κ1) is 16.0. The molecule has 6 nitrogen and oxygen atoms in total. The van der Waals surface area contributed by atoms with Gasteiger partial charge in [-0.25, -0.2) is 9.97 Å². The molecule has 1 aliphatic rings. The third-order valence-corrected chi connectivity index (χ3v) is 3.52. The Morgan fingerprint density at radius 3 is 2.86 bits per heavy atom. The monoisotopic (exact) mass is 312 g/mol. The number of nitrogens with one attached hydrogen (secondary N) is 1. The van der Waals surface area contributed by atoms with E-state index in [-0.39, 0.29) is 11.9 Å². The number of carbonyl (C=O) groups excluding carboxylic acids is 1. The lowest BCUT2D eigenvalue weighted by atomic mass is 10.3. The molecule has 0 saturated carbocycles. The Labute approximate surface area is 129 Å². The second-order valence-electron chi connectivity index (χ2n) is 5.03. The number of rotatable bonds is 6. The molecule has 1 unspecified atom stereocenters. The molecule has 7 heteroatoms. The van der Waals surface area contributed by atoms with E-state index < -0.39 is 0 Å². The van der Waals surface area contributed by atoms with E-state index in [1.807, 2.05) is 18.7 Å². The summed E-state index contributed by atoms with van der Waals surface area (Å²) in [6.07, 6.45) is 2.16. The van der Waals surface area contributed by atoms with Crippen LogP contribution in [0.1, 0.15) is 32.5 Å². The van der Waals surface area contributed by atoms with Crippen LogP contribution >= 0.6 is 11.6 Å². The van der Waals surface area contributed by atoms with E-state index in [4.69, 9.17) is 16.3 Å². The minimum Gasteiger partial charge on any atom is -0.374 e. The smallest absolute Gasteiger partial charge is 0.244 e. The lowest BCUT2D eigenvalue weighted by Crippen LogP contribution is -2.39. The molecule has 1 aromatic rings. The number of aromatic nitrogens is 2. The van der Waals surface area contributed by atoms with Gasteiger partial charge in [-0.15, -0.1) is 0 Å². The zero-order valence-corrected chi connectivity index (χ0v) is 13.2. The lowest BCUT2D eigenvalue weighted by Gasteiger charge is -2.21. The number of amides is 1. The summed E-state index contributed by atoms with van der Waals surface area (Å²) < 4.78 is 5.28. The number of halogens is 1. The molecule has 1 N–H and O–H groups in total. The molecule has 0 radical (unpaired) electrons. The summed E-state index contributed by atoms with van der Waals surface area (Å²) in [6.45, 7) is 6.30. The maximum absolute atomic E-state index is 12.3. The van der Waals surface area contributed by atoms with Gasteiger partial charge in [0.05, 0.1) is 0 Å². The van der Waals surface area contributed by atoms with Crippen LogP contribution in [0, 0.1) is 0 Å². The van der Waals surface area contributed by atoms with E-state index in [9.17, 15) is 4.79 Å². The first-order valence-corrected chi connectivity index (χ1v) is 7.64. The van der Waals surface area contributed by atoms with Crippen molar-refractivity contribution in [3.8, 4) is 0 Å². The second-order valence-corrected chi connectivity index (χ2v) is 5.41. The van der Waals surface area contributed by atoms with Crippen molar-refractivity contribution in [2.75, 3.05) is 25.0 Å². The van der Waals surface area contributed by atoms with E-state index in [2.05, 4.69) is 15.3 Å². The van der Waals surface area contributed by atoms with Crippen molar-refractivity contribution in [3.63, 3.8) is 0 Å². The van der Waals surface area contributed by atoms with Crippen LogP contribution in [0.15, 0.2) is 6.07 Å². The van der Waals surface area contributed by atoms with Gasteiger partial charge < -0.3 is 15.0 Å². The SMILES string of the molecule is CCOCc1nc(Cl)cc(NC(C)C(=O)N2CCCC2)n1. The molecule has 21 heavy (non-hydrogen) atoms. The third-order valence-electron chi connectivity index (χ3n) is 3.33. The average molecular weight is 313 g/mol. The Morgan fingerprint density at radius 1 is 1.48 bits per heavy atom. The number of carbonyl (C=O) groups is 1. The Morgan fingerprint density at radius 2 is 2.19 bits per heavy atom. The van der Waals surface area contributed by atoms with Crippen LogP contribution in [-0.2, 0) is 16.1 Å². The fourth-order valence-corrected chi connectivity index (χ4v) is 2.49. The van der Waals surface area contributed by atoms with Crippen molar-refractivity contribution in [2.45, 2.75) is 39.3 Å². The molecule has 1 amide bonds. The fraction of sp³-hybridized carbons (Fsp3) is 0.643. The topological polar surface area (TPSA) is 67.3 Å². The molecular formula is C14H21ClN4O2. The van der Waals surface area contributed by atoms with Crippen LogP contribution in [0.4, 0.5) is 5.82 Å². The molecule has 1 fully saturated rings. The zero-order valence-electron chi connectivity index (χ0n) is 12.4. The molecule has 0 spiro atoms. The predicted octanol–water partition coefficient (Wildman–Crippen LogP) is 2.09. The average Bonchev–Trinajstić information content (AvgIpc) is 2.97. The van der Waals surface area contributed by atoms with Gasteiger partial charge in [-0.1, -0.05) is 11.6 Å². The number of anilines is 1. The summed E-state index contributed by atoms with van der Waals surface area (Å²) in [5, 5.41) is 3.43. The first-order valence-electron chi connectivity index (χ1n) is 7.26. The van der Waals surface area contributed by atoms with E-state index in [0.29, 0.717) is 30.0 Å². The number of hydrogen-bond donors (Lipinski definition) is 1. The molecule has 1 aromatic heterocycles. The Hall–Kier alpha value is -1.40. The summed E-state index contributed by atoms with van der Waals surface area (Å²) in [7, 11) is 0. The molecule has 0 aliphatic carbocycles. The third kappa shape index (κ3) is 4.54. The van der Waals surface area contributed by atoms with Gasteiger partial charge >= 0.3 is 0 Å². The Balaban J connectivity index is 2.00. The van der Waals surface area contributed by atoms with Crippen molar-refractivity contribution in [3.05, 3.63) is 17.0 Å². The maximum Gasteiger partial charge on any atom is 0.244 e. The summed E-state index contributed by atoms with van der Waals surface area (Å²) in [6, 6.07) is 1.28. The summed E-state index contributed by atoms with van der Waals surface area (Å²) in [4.78, 5) is 22.5. The van der Waals surface area contributed by atoms with Crippen molar-refractivity contribution < 1.29 is 9.53 Å². The number of ether oxygens (including phenoxy) is 1. The van der Waals surface area contributed by atoms with Crippen LogP contribution in [0.5, 0.6) is 0 Å². The minimum atomic E-state index is -0.339. The van der Waals surface area contributed by atoms with Crippen molar-refractivity contribution >= 4 is 23.3 Å². The quantitative estimate of drug-likeness (QED) is 0.815. The molecule has 0 bridgehead atoms. The minimum absolute atomic E-state index is 0.0913. The number of nitrogens with zero attached hydrogens (tertiary/aromatic N) is 3. The highest BCUT2D eigenvalue weighted by atomic mass is 35.5. The molecule has 1 aliphatic heterocycles. The molecular weight excluding hydrogens is 292 g/mol. The van der Waals surface area contributed by atoms with E-state index in [1.54, 1.807) is 6.07 Å². The molecule has 1 saturated heterocycles. The molecule has 0 aromatic carbocycles. The van der Waals surface area contributed by atoms with E-state index in [0.717, 1.165) is 25.9 Å². The predicted molar refractivity (Wildman–Crippen MR) is 81.3 cm³/mol. The largest absolute Gasteiger partial charge is 0.374 e. The number of likely N-dealkylation sites (tertiary alicyclic amines) is 1. The molecule has 2 heterocycles.